The lowest BCUT2D eigenvalue weighted by Crippen LogP contribution is -2.39. The third kappa shape index (κ3) is 4.15. The highest BCUT2D eigenvalue weighted by molar-refractivity contribution is 5.49. The van der Waals surface area contributed by atoms with E-state index >= 15 is 0 Å². The molecule has 1 fully saturated rings. The van der Waals surface area contributed by atoms with Crippen LogP contribution >= 0.6 is 0 Å². The molecule has 0 atom stereocenters. The zero-order chi connectivity index (χ0) is 17.9. The van der Waals surface area contributed by atoms with Gasteiger partial charge in [-0.3, -0.25) is 0 Å². The number of nitrogens with one attached hydrogen (secondary N) is 1. The standard InChI is InChI=1S/C16H15F3N6/c17-16(18,19)14-8-15(23-10-22-14)24-11-2-5-25(6-3-11)13-1-4-21-12(7-13)9-20/h1,4,7-8,10-11H,2-3,5-6H2,(H,22,23,24). The Morgan fingerprint density at radius 2 is 1.92 bits per heavy atom. The van der Waals surface area contributed by atoms with E-state index in [1.165, 1.54) is 0 Å². The lowest BCUT2D eigenvalue weighted by molar-refractivity contribution is -0.141. The summed E-state index contributed by atoms with van der Waals surface area (Å²) < 4.78 is 38.1. The molecule has 1 aliphatic heterocycles. The molecule has 0 aromatic carbocycles. The van der Waals surface area contributed by atoms with E-state index in [-0.39, 0.29) is 11.9 Å². The van der Waals surface area contributed by atoms with Crippen molar-refractivity contribution in [3.8, 4) is 6.07 Å². The fraction of sp³-hybridized carbons (Fsp3) is 0.375. The van der Waals surface area contributed by atoms with Crippen molar-refractivity contribution in [2.75, 3.05) is 23.3 Å². The third-order valence-electron chi connectivity index (χ3n) is 4.03. The number of hydrogen-bond donors (Lipinski definition) is 1. The lowest BCUT2D eigenvalue weighted by atomic mass is 10.0. The Morgan fingerprint density at radius 3 is 2.60 bits per heavy atom. The van der Waals surface area contributed by atoms with Crippen molar-refractivity contribution in [3.05, 3.63) is 42.1 Å². The van der Waals surface area contributed by atoms with Crippen LogP contribution < -0.4 is 10.2 Å². The summed E-state index contributed by atoms with van der Waals surface area (Å²) in [5.41, 5.74) is 0.327. The van der Waals surface area contributed by atoms with Gasteiger partial charge in [-0.05, 0) is 25.0 Å². The molecule has 9 heteroatoms. The van der Waals surface area contributed by atoms with E-state index in [4.69, 9.17) is 5.26 Å². The second kappa shape index (κ2) is 6.93. The molecule has 0 saturated carbocycles. The maximum atomic E-state index is 12.7. The molecular weight excluding hydrogens is 333 g/mol. The molecule has 1 saturated heterocycles. The van der Waals surface area contributed by atoms with E-state index in [1.54, 1.807) is 12.3 Å². The molecule has 130 valence electrons. The minimum absolute atomic E-state index is 0.0320. The van der Waals surface area contributed by atoms with Crippen molar-refractivity contribution in [1.82, 2.24) is 15.0 Å². The number of hydrogen-bond acceptors (Lipinski definition) is 6. The van der Waals surface area contributed by atoms with Crippen LogP contribution in [0.3, 0.4) is 0 Å². The van der Waals surface area contributed by atoms with Crippen LogP contribution in [0.2, 0.25) is 0 Å². The maximum Gasteiger partial charge on any atom is 0.433 e. The topological polar surface area (TPSA) is 77.7 Å². The summed E-state index contributed by atoms with van der Waals surface area (Å²) in [4.78, 5) is 13.2. The summed E-state index contributed by atoms with van der Waals surface area (Å²) >= 11 is 0. The molecule has 1 N–H and O–H groups in total. The van der Waals surface area contributed by atoms with E-state index in [0.29, 0.717) is 5.69 Å². The summed E-state index contributed by atoms with van der Waals surface area (Å²) in [5.74, 6) is 0.177. The fourth-order valence-electron chi connectivity index (χ4n) is 2.76. The molecule has 0 radical (unpaired) electrons. The van der Waals surface area contributed by atoms with Crippen LogP contribution in [0.15, 0.2) is 30.7 Å². The Labute approximate surface area is 142 Å². The quantitative estimate of drug-likeness (QED) is 0.919. The number of aromatic nitrogens is 3. The molecule has 3 heterocycles. The zero-order valence-electron chi connectivity index (χ0n) is 13.2. The Hall–Kier alpha value is -2.89. The molecule has 0 aliphatic carbocycles. The van der Waals surface area contributed by atoms with Crippen LogP contribution in [0.1, 0.15) is 24.2 Å². The number of halogens is 3. The van der Waals surface area contributed by atoms with Gasteiger partial charge in [0.25, 0.3) is 0 Å². The predicted molar refractivity (Wildman–Crippen MR) is 84.8 cm³/mol. The van der Waals surface area contributed by atoms with Crippen molar-refractivity contribution >= 4 is 11.5 Å². The Morgan fingerprint density at radius 1 is 1.16 bits per heavy atom. The minimum atomic E-state index is -4.48. The van der Waals surface area contributed by atoms with Gasteiger partial charge >= 0.3 is 6.18 Å². The highest BCUT2D eigenvalue weighted by Crippen LogP contribution is 2.29. The smallest absolute Gasteiger partial charge is 0.371 e. The maximum absolute atomic E-state index is 12.7. The molecule has 0 unspecified atom stereocenters. The van der Waals surface area contributed by atoms with Crippen molar-refractivity contribution in [3.63, 3.8) is 0 Å². The molecule has 6 nitrogen and oxygen atoms in total. The first-order chi connectivity index (χ1) is 12.0. The second-order valence-corrected chi connectivity index (χ2v) is 5.70. The van der Waals surface area contributed by atoms with Crippen LogP contribution in [0.25, 0.3) is 0 Å². The summed E-state index contributed by atoms with van der Waals surface area (Å²) in [6.45, 7) is 1.45. The average molecular weight is 348 g/mol. The van der Waals surface area contributed by atoms with Gasteiger partial charge in [-0.2, -0.15) is 18.4 Å². The van der Waals surface area contributed by atoms with Crippen molar-refractivity contribution in [2.24, 2.45) is 0 Å². The first kappa shape index (κ1) is 17.0. The molecule has 2 aromatic heterocycles. The van der Waals surface area contributed by atoms with Crippen molar-refractivity contribution < 1.29 is 13.2 Å². The SMILES string of the molecule is N#Cc1cc(N2CCC(Nc3cc(C(F)(F)F)ncn3)CC2)ccn1. The number of piperidine rings is 1. The van der Waals surface area contributed by atoms with Gasteiger partial charge in [0.2, 0.25) is 0 Å². The largest absolute Gasteiger partial charge is 0.433 e. The number of alkyl halides is 3. The average Bonchev–Trinajstić information content (AvgIpc) is 2.62. The fourth-order valence-corrected chi connectivity index (χ4v) is 2.76. The Bertz CT molecular complexity index is 778. The van der Waals surface area contributed by atoms with E-state index in [9.17, 15) is 13.2 Å². The van der Waals surface area contributed by atoms with Gasteiger partial charge in [-0.15, -0.1) is 0 Å². The highest BCUT2D eigenvalue weighted by Gasteiger charge is 2.33. The molecular formula is C16H15F3N6. The number of pyridine rings is 1. The van der Waals surface area contributed by atoms with Crippen molar-refractivity contribution in [2.45, 2.75) is 25.1 Å². The van der Waals surface area contributed by atoms with Crippen LogP contribution in [-0.2, 0) is 6.18 Å². The first-order valence-electron chi connectivity index (χ1n) is 7.72. The van der Waals surface area contributed by atoms with E-state index in [1.807, 2.05) is 12.1 Å². The monoisotopic (exact) mass is 348 g/mol. The summed E-state index contributed by atoms with van der Waals surface area (Å²) in [5, 5.41) is 12.0. The normalized spacial score (nSPS) is 15.7. The second-order valence-electron chi connectivity index (χ2n) is 5.70. The van der Waals surface area contributed by atoms with Gasteiger partial charge in [-0.1, -0.05) is 0 Å². The predicted octanol–water partition coefficient (Wildman–Crippen LogP) is 2.84. The number of nitrogens with zero attached hydrogens (tertiary/aromatic N) is 5. The molecule has 0 amide bonds. The Balaban J connectivity index is 1.60. The summed E-state index contributed by atoms with van der Waals surface area (Å²) in [6.07, 6.45) is -0.480. The summed E-state index contributed by atoms with van der Waals surface area (Å²) in [6, 6.07) is 6.54. The Kier molecular flexibility index (Phi) is 4.70. The third-order valence-corrected chi connectivity index (χ3v) is 4.03. The van der Waals surface area contributed by atoms with Gasteiger partial charge in [0.05, 0.1) is 0 Å². The van der Waals surface area contributed by atoms with Crippen LogP contribution in [0, 0.1) is 11.3 Å². The molecule has 0 spiro atoms. The van der Waals surface area contributed by atoms with Crippen LogP contribution in [-0.4, -0.2) is 34.1 Å². The molecule has 1 aliphatic rings. The highest BCUT2D eigenvalue weighted by atomic mass is 19.4. The van der Waals surface area contributed by atoms with Gasteiger partial charge in [-0.25, -0.2) is 15.0 Å². The van der Waals surface area contributed by atoms with Crippen LogP contribution in [0.5, 0.6) is 0 Å². The summed E-state index contributed by atoms with van der Waals surface area (Å²) in [7, 11) is 0. The molecule has 2 aromatic rings. The van der Waals surface area contributed by atoms with E-state index in [0.717, 1.165) is 44.0 Å². The van der Waals surface area contributed by atoms with Gasteiger partial charge in [0.15, 0.2) is 0 Å². The van der Waals surface area contributed by atoms with Crippen LogP contribution in [0.4, 0.5) is 24.7 Å². The van der Waals surface area contributed by atoms with Gasteiger partial charge in [0, 0.05) is 37.1 Å². The van der Waals surface area contributed by atoms with Gasteiger partial charge < -0.3 is 10.2 Å². The van der Waals surface area contributed by atoms with E-state index < -0.39 is 11.9 Å². The van der Waals surface area contributed by atoms with Crippen molar-refractivity contribution in [1.29, 1.82) is 5.26 Å². The number of nitriles is 1. The number of rotatable bonds is 3. The molecule has 25 heavy (non-hydrogen) atoms. The minimum Gasteiger partial charge on any atom is -0.371 e. The number of anilines is 2. The molecule has 3 rings (SSSR count). The zero-order valence-corrected chi connectivity index (χ0v) is 13.2. The molecule has 0 bridgehead atoms. The lowest BCUT2D eigenvalue weighted by Gasteiger charge is -2.34. The van der Waals surface area contributed by atoms with E-state index in [2.05, 4.69) is 25.2 Å². The van der Waals surface area contributed by atoms with Gasteiger partial charge in [0.1, 0.15) is 29.6 Å². The first-order valence-corrected chi connectivity index (χ1v) is 7.72.